The molecule has 2 atom stereocenters. The van der Waals surface area contributed by atoms with Crippen LogP contribution in [0.25, 0.3) is 0 Å². The summed E-state index contributed by atoms with van der Waals surface area (Å²) >= 11 is 5.84. The molecule has 0 heterocycles. The molecule has 1 fully saturated rings. The number of nitrogens with one attached hydrogen (secondary N) is 1. The second-order valence-corrected chi connectivity index (χ2v) is 6.54. The molecule has 1 saturated carbocycles. The Bertz CT molecular complexity index is 530. The van der Waals surface area contributed by atoms with Crippen molar-refractivity contribution >= 4 is 23.5 Å². The first-order chi connectivity index (χ1) is 11.1. The summed E-state index contributed by atoms with van der Waals surface area (Å²) in [5.74, 6) is -0.0137. The molecular formula is C18H24ClNO3. The fourth-order valence-electron chi connectivity index (χ4n) is 3.16. The minimum atomic E-state index is -0.148. The molecular weight excluding hydrogens is 314 g/mol. The molecule has 23 heavy (non-hydrogen) atoms. The molecule has 1 N–H and O–H groups in total. The SMILES string of the molecule is COC(=O)C1CCCCC1CNC(=O)CCc1ccc(Cl)cc1. The monoisotopic (exact) mass is 337 g/mol. The number of rotatable bonds is 6. The van der Waals surface area contributed by atoms with Gasteiger partial charge in [-0.25, -0.2) is 0 Å². The van der Waals surface area contributed by atoms with Crippen molar-refractivity contribution < 1.29 is 14.3 Å². The van der Waals surface area contributed by atoms with Gasteiger partial charge in [-0.3, -0.25) is 9.59 Å². The van der Waals surface area contributed by atoms with Gasteiger partial charge < -0.3 is 10.1 Å². The van der Waals surface area contributed by atoms with Crippen molar-refractivity contribution in [3.63, 3.8) is 0 Å². The van der Waals surface area contributed by atoms with Crippen molar-refractivity contribution in [2.24, 2.45) is 11.8 Å². The molecule has 2 unspecified atom stereocenters. The van der Waals surface area contributed by atoms with E-state index in [-0.39, 0.29) is 23.7 Å². The molecule has 0 spiro atoms. The highest BCUT2D eigenvalue weighted by Crippen LogP contribution is 2.30. The van der Waals surface area contributed by atoms with E-state index in [0.717, 1.165) is 31.2 Å². The van der Waals surface area contributed by atoms with Gasteiger partial charge in [0.1, 0.15) is 0 Å². The van der Waals surface area contributed by atoms with Gasteiger partial charge in [-0.15, -0.1) is 0 Å². The van der Waals surface area contributed by atoms with E-state index in [1.807, 2.05) is 24.3 Å². The van der Waals surface area contributed by atoms with Crippen molar-refractivity contribution in [2.75, 3.05) is 13.7 Å². The molecule has 0 bridgehead atoms. The van der Waals surface area contributed by atoms with E-state index in [2.05, 4.69) is 5.32 Å². The highest BCUT2D eigenvalue weighted by molar-refractivity contribution is 6.30. The van der Waals surface area contributed by atoms with E-state index in [0.29, 0.717) is 24.4 Å². The van der Waals surface area contributed by atoms with Gasteiger partial charge in [-0.1, -0.05) is 36.6 Å². The maximum absolute atomic E-state index is 12.0. The maximum atomic E-state index is 12.0. The summed E-state index contributed by atoms with van der Waals surface area (Å²) in [5.41, 5.74) is 1.09. The van der Waals surface area contributed by atoms with E-state index in [4.69, 9.17) is 16.3 Å². The van der Waals surface area contributed by atoms with Crippen molar-refractivity contribution in [3.8, 4) is 0 Å². The van der Waals surface area contributed by atoms with Crippen molar-refractivity contribution in [2.45, 2.75) is 38.5 Å². The van der Waals surface area contributed by atoms with Crippen LogP contribution in [-0.2, 0) is 20.7 Å². The second kappa shape index (κ2) is 8.92. The second-order valence-electron chi connectivity index (χ2n) is 6.10. The standard InChI is InChI=1S/C18H24ClNO3/c1-23-18(22)16-5-3-2-4-14(16)12-20-17(21)11-8-13-6-9-15(19)10-7-13/h6-7,9-10,14,16H,2-5,8,11-12H2,1H3,(H,20,21). The molecule has 4 nitrogen and oxygen atoms in total. The number of aryl methyl sites for hydroxylation is 1. The number of carbonyl (C=O) groups excluding carboxylic acids is 2. The molecule has 0 aromatic heterocycles. The van der Waals surface area contributed by atoms with Crippen LogP contribution >= 0.6 is 11.6 Å². The summed E-state index contributed by atoms with van der Waals surface area (Å²) in [6.07, 6.45) is 5.13. The molecule has 0 radical (unpaired) electrons. The Morgan fingerprint density at radius 1 is 1.22 bits per heavy atom. The largest absolute Gasteiger partial charge is 0.469 e. The van der Waals surface area contributed by atoms with Gasteiger partial charge in [0, 0.05) is 18.0 Å². The van der Waals surface area contributed by atoms with Gasteiger partial charge in [0.25, 0.3) is 0 Å². The summed E-state index contributed by atoms with van der Waals surface area (Å²) in [5, 5.41) is 3.67. The van der Waals surface area contributed by atoms with Gasteiger partial charge >= 0.3 is 5.97 Å². The quantitative estimate of drug-likeness (QED) is 0.810. The fourth-order valence-corrected chi connectivity index (χ4v) is 3.28. The van der Waals surface area contributed by atoms with Crippen molar-refractivity contribution in [1.29, 1.82) is 0 Å². The molecule has 1 amide bonds. The third-order valence-corrected chi connectivity index (χ3v) is 4.78. The van der Waals surface area contributed by atoms with E-state index in [9.17, 15) is 9.59 Å². The summed E-state index contributed by atoms with van der Waals surface area (Å²) in [4.78, 5) is 23.8. The highest BCUT2D eigenvalue weighted by Gasteiger charge is 2.31. The number of benzene rings is 1. The molecule has 1 aromatic carbocycles. The Morgan fingerprint density at radius 3 is 2.61 bits per heavy atom. The number of esters is 1. The first-order valence-electron chi connectivity index (χ1n) is 8.19. The molecule has 1 aromatic rings. The van der Waals surface area contributed by atoms with Gasteiger partial charge in [0.15, 0.2) is 0 Å². The van der Waals surface area contributed by atoms with Crippen LogP contribution in [0, 0.1) is 11.8 Å². The number of carbonyl (C=O) groups is 2. The van der Waals surface area contributed by atoms with Gasteiger partial charge in [0.05, 0.1) is 13.0 Å². The Hall–Kier alpha value is -1.55. The first-order valence-corrected chi connectivity index (χ1v) is 8.57. The lowest BCUT2D eigenvalue weighted by molar-refractivity contribution is -0.148. The smallest absolute Gasteiger partial charge is 0.309 e. The van der Waals surface area contributed by atoms with Crippen LogP contribution in [0.5, 0.6) is 0 Å². The summed E-state index contributed by atoms with van der Waals surface area (Å²) < 4.78 is 4.88. The molecule has 126 valence electrons. The number of amides is 1. The Balaban J connectivity index is 1.76. The minimum absolute atomic E-state index is 0.0224. The van der Waals surface area contributed by atoms with Gasteiger partial charge in [-0.05, 0) is 42.9 Å². The maximum Gasteiger partial charge on any atom is 0.309 e. The first kappa shape index (κ1) is 17.8. The number of halogens is 1. The van der Waals surface area contributed by atoms with Gasteiger partial charge in [-0.2, -0.15) is 0 Å². The predicted molar refractivity (Wildman–Crippen MR) is 90.2 cm³/mol. The summed E-state index contributed by atoms with van der Waals surface area (Å²) in [7, 11) is 1.43. The number of hydrogen-bond acceptors (Lipinski definition) is 3. The minimum Gasteiger partial charge on any atom is -0.469 e. The topological polar surface area (TPSA) is 55.4 Å². The van der Waals surface area contributed by atoms with E-state index in [1.54, 1.807) is 0 Å². The summed E-state index contributed by atoms with van der Waals surface area (Å²) in [6, 6.07) is 7.53. The normalized spacial score (nSPS) is 20.8. The Kier molecular flexibility index (Phi) is 6.90. The summed E-state index contributed by atoms with van der Waals surface area (Å²) in [6.45, 7) is 0.555. The molecule has 1 aliphatic carbocycles. The third kappa shape index (κ3) is 5.54. The predicted octanol–water partition coefficient (Wildman–Crippen LogP) is 3.37. The van der Waals surface area contributed by atoms with Gasteiger partial charge in [0.2, 0.25) is 5.91 Å². The van der Waals surface area contributed by atoms with Crippen LogP contribution in [0.3, 0.4) is 0 Å². The lowest BCUT2D eigenvalue weighted by atomic mass is 9.79. The molecule has 2 rings (SSSR count). The van der Waals surface area contributed by atoms with Crippen LogP contribution in [0.15, 0.2) is 24.3 Å². The molecule has 1 aliphatic rings. The molecule has 0 saturated heterocycles. The molecule has 5 heteroatoms. The third-order valence-electron chi connectivity index (χ3n) is 4.53. The lowest BCUT2D eigenvalue weighted by Crippen LogP contribution is -2.37. The molecule has 0 aliphatic heterocycles. The van der Waals surface area contributed by atoms with E-state index in [1.165, 1.54) is 7.11 Å². The van der Waals surface area contributed by atoms with Crippen molar-refractivity contribution in [3.05, 3.63) is 34.9 Å². The van der Waals surface area contributed by atoms with E-state index >= 15 is 0 Å². The van der Waals surface area contributed by atoms with Crippen LogP contribution < -0.4 is 5.32 Å². The zero-order valence-corrected chi connectivity index (χ0v) is 14.3. The van der Waals surface area contributed by atoms with Crippen molar-refractivity contribution in [1.82, 2.24) is 5.32 Å². The number of hydrogen-bond donors (Lipinski definition) is 1. The number of ether oxygens (including phenoxy) is 1. The van der Waals surface area contributed by atoms with Crippen LogP contribution in [0.4, 0.5) is 0 Å². The van der Waals surface area contributed by atoms with E-state index < -0.39 is 0 Å². The highest BCUT2D eigenvalue weighted by atomic mass is 35.5. The van der Waals surface area contributed by atoms with Crippen LogP contribution in [-0.4, -0.2) is 25.5 Å². The number of methoxy groups -OCH3 is 1. The zero-order chi connectivity index (χ0) is 16.7. The average molecular weight is 338 g/mol. The lowest BCUT2D eigenvalue weighted by Gasteiger charge is -2.29. The van der Waals surface area contributed by atoms with Crippen LogP contribution in [0.1, 0.15) is 37.7 Å². The zero-order valence-electron chi connectivity index (χ0n) is 13.5. The Labute approximate surface area is 142 Å². The fraction of sp³-hybridized carbons (Fsp3) is 0.556. The Morgan fingerprint density at radius 2 is 1.91 bits per heavy atom. The van der Waals surface area contributed by atoms with Crippen LogP contribution in [0.2, 0.25) is 5.02 Å². The average Bonchev–Trinajstić information content (AvgIpc) is 2.59.